The SMILES string of the molecule is CC(N)Cc1ccc2c(ccn2Cc2cccc(Br)c2)c1. The molecule has 0 saturated heterocycles. The Bertz CT molecular complexity index is 759. The largest absolute Gasteiger partial charge is 0.343 e. The zero-order valence-electron chi connectivity index (χ0n) is 12.1. The third-order valence-corrected chi connectivity index (χ3v) is 4.13. The van der Waals surface area contributed by atoms with E-state index in [-0.39, 0.29) is 6.04 Å². The predicted octanol–water partition coefficient (Wildman–Crippen LogP) is 4.34. The summed E-state index contributed by atoms with van der Waals surface area (Å²) >= 11 is 3.53. The molecular formula is C18H19BrN2. The lowest BCUT2D eigenvalue weighted by Crippen LogP contribution is -2.17. The molecule has 0 amide bonds. The van der Waals surface area contributed by atoms with Gasteiger partial charge in [-0.1, -0.05) is 34.1 Å². The number of fused-ring (bicyclic) bond motifs is 1. The van der Waals surface area contributed by atoms with Crippen LogP contribution in [0.1, 0.15) is 18.1 Å². The van der Waals surface area contributed by atoms with E-state index in [1.165, 1.54) is 22.0 Å². The molecule has 0 bridgehead atoms. The smallest absolute Gasteiger partial charge is 0.0483 e. The zero-order chi connectivity index (χ0) is 14.8. The van der Waals surface area contributed by atoms with Crippen molar-refractivity contribution in [3.05, 3.63) is 70.3 Å². The van der Waals surface area contributed by atoms with E-state index in [0.717, 1.165) is 17.4 Å². The molecule has 0 aliphatic heterocycles. The van der Waals surface area contributed by atoms with Gasteiger partial charge in [-0.2, -0.15) is 0 Å². The molecule has 2 N–H and O–H groups in total. The topological polar surface area (TPSA) is 30.9 Å². The van der Waals surface area contributed by atoms with Crippen molar-refractivity contribution in [2.75, 3.05) is 0 Å². The molecule has 1 aromatic heterocycles. The maximum Gasteiger partial charge on any atom is 0.0483 e. The maximum atomic E-state index is 5.88. The molecule has 0 aliphatic rings. The van der Waals surface area contributed by atoms with Gasteiger partial charge in [-0.15, -0.1) is 0 Å². The van der Waals surface area contributed by atoms with E-state index in [9.17, 15) is 0 Å². The Morgan fingerprint density at radius 1 is 1.10 bits per heavy atom. The third-order valence-electron chi connectivity index (χ3n) is 3.64. The number of hydrogen-bond acceptors (Lipinski definition) is 1. The molecule has 2 aromatic carbocycles. The van der Waals surface area contributed by atoms with E-state index in [1.54, 1.807) is 0 Å². The van der Waals surface area contributed by atoms with Gasteiger partial charge in [0.1, 0.15) is 0 Å². The molecule has 108 valence electrons. The van der Waals surface area contributed by atoms with Crippen LogP contribution in [0.5, 0.6) is 0 Å². The molecule has 3 heteroatoms. The first kappa shape index (κ1) is 14.4. The lowest BCUT2D eigenvalue weighted by molar-refractivity contribution is 0.738. The summed E-state index contributed by atoms with van der Waals surface area (Å²) in [6.45, 7) is 2.93. The predicted molar refractivity (Wildman–Crippen MR) is 92.5 cm³/mol. The van der Waals surface area contributed by atoms with Gasteiger partial charge in [0, 0.05) is 28.8 Å². The number of halogens is 1. The summed E-state index contributed by atoms with van der Waals surface area (Å²) in [7, 11) is 0. The number of nitrogens with two attached hydrogens (primary N) is 1. The van der Waals surface area contributed by atoms with Gasteiger partial charge < -0.3 is 10.3 Å². The van der Waals surface area contributed by atoms with E-state index in [1.807, 2.05) is 6.92 Å². The van der Waals surface area contributed by atoms with Crippen LogP contribution in [0.4, 0.5) is 0 Å². The van der Waals surface area contributed by atoms with E-state index >= 15 is 0 Å². The molecule has 3 aromatic rings. The molecular weight excluding hydrogens is 324 g/mol. The lowest BCUT2D eigenvalue weighted by Gasteiger charge is -2.08. The van der Waals surface area contributed by atoms with Crippen LogP contribution in [0.25, 0.3) is 10.9 Å². The van der Waals surface area contributed by atoms with Crippen molar-refractivity contribution in [1.82, 2.24) is 4.57 Å². The Balaban J connectivity index is 1.90. The second kappa shape index (κ2) is 6.04. The van der Waals surface area contributed by atoms with Crippen LogP contribution in [0.15, 0.2) is 59.2 Å². The van der Waals surface area contributed by atoms with Gasteiger partial charge in [-0.05, 0) is 60.2 Å². The summed E-state index contributed by atoms with van der Waals surface area (Å²) in [6, 6.07) is 17.5. The summed E-state index contributed by atoms with van der Waals surface area (Å²) < 4.78 is 3.41. The van der Waals surface area contributed by atoms with Crippen LogP contribution in [0, 0.1) is 0 Å². The zero-order valence-corrected chi connectivity index (χ0v) is 13.7. The summed E-state index contributed by atoms with van der Waals surface area (Å²) in [5, 5.41) is 1.28. The molecule has 0 radical (unpaired) electrons. The summed E-state index contributed by atoms with van der Waals surface area (Å²) in [5.74, 6) is 0. The average Bonchev–Trinajstić information content (AvgIpc) is 2.81. The average molecular weight is 343 g/mol. The van der Waals surface area contributed by atoms with E-state index in [0.29, 0.717) is 0 Å². The maximum absolute atomic E-state index is 5.88. The third kappa shape index (κ3) is 3.36. The van der Waals surface area contributed by atoms with Crippen molar-refractivity contribution in [2.45, 2.75) is 25.9 Å². The Morgan fingerprint density at radius 3 is 2.71 bits per heavy atom. The molecule has 0 fully saturated rings. The van der Waals surface area contributed by atoms with Gasteiger partial charge in [-0.3, -0.25) is 0 Å². The normalized spacial score (nSPS) is 12.7. The highest BCUT2D eigenvalue weighted by Gasteiger charge is 2.05. The molecule has 1 heterocycles. The second-order valence-corrected chi connectivity index (χ2v) is 6.56. The van der Waals surface area contributed by atoms with Crippen LogP contribution in [-0.2, 0) is 13.0 Å². The summed E-state index contributed by atoms with van der Waals surface area (Å²) in [4.78, 5) is 0. The lowest BCUT2D eigenvalue weighted by atomic mass is 10.1. The van der Waals surface area contributed by atoms with Crippen molar-refractivity contribution >= 4 is 26.8 Å². The fraction of sp³-hybridized carbons (Fsp3) is 0.222. The van der Waals surface area contributed by atoms with Gasteiger partial charge in [-0.25, -0.2) is 0 Å². The molecule has 0 aliphatic carbocycles. The van der Waals surface area contributed by atoms with Crippen LogP contribution in [0.3, 0.4) is 0 Å². The molecule has 1 unspecified atom stereocenters. The van der Waals surface area contributed by atoms with Crippen LogP contribution in [-0.4, -0.2) is 10.6 Å². The first-order chi connectivity index (χ1) is 10.1. The second-order valence-electron chi connectivity index (χ2n) is 5.65. The molecule has 1 atom stereocenters. The van der Waals surface area contributed by atoms with Crippen molar-refractivity contribution in [3.8, 4) is 0 Å². The summed E-state index contributed by atoms with van der Waals surface area (Å²) in [5.41, 5.74) is 9.74. The number of hydrogen-bond donors (Lipinski definition) is 1. The Kier molecular flexibility index (Phi) is 4.13. The van der Waals surface area contributed by atoms with Crippen molar-refractivity contribution in [1.29, 1.82) is 0 Å². The van der Waals surface area contributed by atoms with Crippen LogP contribution < -0.4 is 5.73 Å². The quantitative estimate of drug-likeness (QED) is 0.751. The first-order valence-corrected chi connectivity index (χ1v) is 7.99. The molecule has 2 nitrogen and oxygen atoms in total. The van der Waals surface area contributed by atoms with Crippen molar-refractivity contribution in [2.24, 2.45) is 5.73 Å². The van der Waals surface area contributed by atoms with E-state index in [4.69, 9.17) is 5.73 Å². The molecule has 0 saturated carbocycles. The Morgan fingerprint density at radius 2 is 1.95 bits per heavy atom. The van der Waals surface area contributed by atoms with Crippen molar-refractivity contribution < 1.29 is 0 Å². The minimum absolute atomic E-state index is 0.200. The van der Waals surface area contributed by atoms with Gasteiger partial charge in [0.2, 0.25) is 0 Å². The number of nitrogens with zero attached hydrogens (tertiary/aromatic N) is 1. The number of rotatable bonds is 4. The van der Waals surface area contributed by atoms with E-state index in [2.05, 4.69) is 75.2 Å². The van der Waals surface area contributed by atoms with Gasteiger partial charge in [0.15, 0.2) is 0 Å². The number of benzene rings is 2. The summed E-state index contributed by atoms with van der Waals surface area (Å²) in [6.07, 6.45) is 3.08. The van der Waals surface area contributed by atoms with Crippen LogP contribution in [0.2, 0.25) is 0 Å². The van der Waals surface area contributed by atoms with Gasteiger partial charge in [0.25, 0.3) is 0 Å². The minimum Gasteiger partial charge on any atom is -0.343 e. The Hall–Kier alpha value is -1.58. The standard InChI is InChI=1S/C18H19BrN2/c1-13(20)9-14-5-6-18-16(10-14)7-8-21(18)12-15-3-2-4-17(19)11-15/h2-8,10-11,13H,9,12,20H2,1H3. The first-order valence-electron chi connectivity index (χ1n) is 7.19. The fourth-order valence-electron chi connectivity index (χ4n) is 2.72. The van der Waals surface area contributed by atoms with Gasteiger partial charge >= 0.3 is 0 Å². The molecule has 3 rings (SSSR count). The highest BCUT2D eigenvalue weighted by Crippen LogP contribution is 2.20. The van der Waals surface area contributed by atoms with Gasteiger partial charge in [0.05, 0.1) is 0 Å². The van der Waals surface area contributed by atoms with E-state index < -0.39 is 0 Å². The fourth-order valence-corrected chi connectivity index (χ4v) is 3.16. The monoisotopic (exact) mass is 342 g/mol. The Labute approximate surface area is 133 Å². The molecule has 21 heavy (non-hydrogen) atoms. The minimum atomic E-state index is 0.200. The molecule has 0 spiro atoms. The highest BCUT2D eigenvalue weighted by atomic mass is 79.9. The van der Waals surface area contributed by atoms with Crippen LogP contribution >= 0.6 is 15.9 Å². The van der Waals surface area contributed by atoms with Crippen molar-refractivity contribution in [3.63, 3.8) is 0 Å². The number of aromatic nitrogens is 1. The highest BCUT2D eigenvalue weighted by molar-refractivity contribution is 9.10.